The highest BCUT2D eigenvalue weighted by molar-refractivity contribution is 7.80. The van der Waals surface area contributed by atoms with Gasteiger partial charge in [0.25, 0.3) is 5.91 Å². The highest BCUT2D eigenvalue weighted by Crippen LogP contribution is 2.13. The Morgan fingerprint density at radius 1 is 1.08 bits per heavy atom. The van der Waals surface area contributed by atoms with Crippen LogP contribution < -0.4 is 15.4 Å². The number of hydrogen-bond acceptors (Lipinski definition) is 3. The number of unbranched alkanes of at least 4 members (excludes halogenated alkanes) is 2. The summed E-state index contributed by atoms with van der Waals surface area (Å²) in [5.74, 6) is 0.0781. The Labute approximate surface area is 152 Å². The van der Waals surface area contributed by atoms with Gasteiger partial charge in [0.1, 0.15) is 11.6 Å². The van der Waals surface area contributed by atoms with Crippen LogP contribution in [0.4, 0.5) is 10.1 Å². The average Bonchev–Trinajstić information content (AvgIpc) is 2.61. The molecule has 2 aromatic carbocycles. The third kappa shape index (κ3) is 6.51. The van der Waals surface area contributed by atoms with Crippen LogP contribution in [-0.4, -0.2) is 17.6 Å². The molecule has 2 aromatic rings. The van der Waals surface area contributed by atoms with Gasteiger partial charge in [0, 0.05) is 11.3 Å². The quantitative estimate of drug-likeness (QED) is 0.563. The van der Waals surface area contributed by atoms with Crippen LogP contribution in [0.3, 0.4) is 0 Å². The summed E-state index contributed by atoms with van der Waals surface area (Å²) < 4.78 is 18.5. The van der Waals surface area contributed by atoms with Gasteiger partial charge in [-0.2, -0.15) is 0 Å². The van der Waals surface area contributed by atoms with Crippen LogP contribution in [0.5, 0.6) is 5.75 Å². The van der Waals surface area contributed by atoms with Gasteiger partial charge in [-0.3, -0.25) is 10.1 Å². The van der Waals surface area contributed by atoms with Crippen molar-refractivity contribution in [3.05, 3.63) is 59.9 Å². The lowest BCUT2D eigenvalue weighted by Crippen LogP contribution is -2.34. The van der Waals surface area contributed by atoms with Gasteiger partial charge in [-0.1, -0.05) is 19.8 Å². The number of benzene rings is 2. The molecule has 0 bridgehead atoms. The lowest BCUT2D eigenvalue weighted by Gasteiger charge is -2.10. The van der Waals surface area contributed by atoms with E-state index >= 15 is 0 Å². The normalized spacial score (nSPS) is 10.2. The van der Waals surface area contributed by atoms with Crippen molar-refractivity contribution in [3.8, 4) is 5.75 Å². The number of halogens is 1. The van der Waals surface area contributed by atoms with E-state index in [4.69, 9.17) is 17.0 Å². The first-order valence-corrected chi connectivity index (χ1v) is 8.60. The summed E-state index contributed by atoms with van der Waals surface area (Å²) >= 11 is 5.09. The molecule has 0 unspecified atom stereocenters. The van der Waals surface area contributed by atoms with Crippen LogP contribution in [0.2, 0.25) is 0 Å². The monoisotopic (exact) mass is 360 g/mol. The molecule has 0 radical (unpaired) electrons. The first-order valence-electron chi connectivity index (χ1n) is 8.19. The van der Waals surface area contributed by atoms with Gasteiger partial charge in [-0.25, -0.2) is 4.39 Å². The third-order valence-corrected chi connectivity index (χ3v) is 3.67. The molecule has 0 saturated heterocycles. The van der Waals surface area contributed by atoms with Crippen molar-refractivity contribution in [2.24, 2.45) is 0 Å². The standard InChI is InChI=1S/C19H21FN2O2S/c1-2-3-4-13-24-17-11-5-14(6-12-17)18(23)22-19(25)21-16-9-7-15(20)8-10-16/h5-12H,2-4,13H2,1H3,(H2,21,22,23,25). The van der Waals surface area contributed by atoms with Crippen LogP contribution in [0, 0.1) is 5.82 Å². The Hall–Kier alpha value is -2.47. The maximum atomic E-state index is 12.9. The maximum Gasteiger partial charge on any atom is 0.257 e. The predicted molar refractivity (Wildman–Crippen MR) is 102 cm³/mol. The first-order chi connectivity index (χ1) is 12.1. The number of hydrogen-bond donors (Lipinski definition) is 2. The molecule has 0 heterocycles. The lowest BCUT2D eigenvalue weighted by atomic mass is 10.2. The van der Waals surface area contributed by atoms with Gasteiger partial charge in [-0.15, -0.1) is 0 Å². The van der Waals surface area contributed by atoms with E-state index in [0.29, 0.717) is 17.9 Å². The minimum Gasteiger partial charge on any atom is -0.494 e. The fourth-order valence-corrected chi connectivity index (χ4v) is 2.33. The second kappa shape index (κ2) is 9.74. The number of carbonyl (C=O) groups is 1. The zero-order valence-corrected chi connectivity index (χ0v) is 14.9. The largest absolute Gasteiger partial charge is 0.494 e. The van der Waals surface area contributed by atoms with Gasteiger partial charge < -0.3 is 10.1 Å². The number of amides is 1. The maximum absolute atomic E-state index is 12.9. The van der Waals surface area contributed by atoms with E-state index in [1.54, 1.807) is 36.4 Å². The lowest BCUT2D eigenvalue weighted by molar-refractivity contribution is 0.0977. The molecule has 0 aliphatic rings. The van der Waals surface area contributed by atoms with E-state index in [2.05, 4.69) is 17.6 Å². The SMILES string of the molecule is CCCCCOc1ccc(C(=O)NC(=S)Nc2ccc(F)cc2)cc1. The minimum atomic E-state index is -0.336. The summed E-state index contributed by atoms with van der Waals surface area (Å²) in [7, 11) is 0. The topological polar surface area (TPSA) is 50.4 Å². The average molecular weight is 360 g/mol. The van der Waals surface area contributed by atoms with E-state index < -0.39 is 0 Å². The fraction of sp³-hybridized carbons (Fsp3) is 0.263. The molecular formula is C19H21FN2O2S. The Balaban J connectivity index is 1.83. The second-order valence-electron chi connectivity index (χ2n) is 5.50. The number of thiocarbonyl (C=S) groups is 1. The number of nitrogens with one attached hydrogen (secondary N) is 2. The molecule has 6 heteroatoms. The van der Waals surface area contributed by atoms with Crippen molar-refractivity contribution in [2.75, 3.05) is 11.9 Å². The van der Waals surface area contributed by atoms with Crippen molar-refractivity contribution >= 4 is 28.9 Å². The molecule has 0 atom stereocenters. The first kappa shape index (κ1) is 18.9. The number of rotatable bonds is 7. The smallest absolute Gasteiger partial charge is 0.257 e. The molecule has 2 rings (SSSR count). The molecule has 0 fully saturated rings. The van der Waals surface area contributed by atoms with Crippen LogP contribution in [0.15, 0.2) is 48.5 Å². The Bertz CT molecular complexity index is 702. The molecule has 0 aromatic heterocycles. The third-order valence-electron chi connectivity index (χ3n) is 3.46. The van der Waals surface area contributed by atoms with Gasteiger partial charge in [0.2, 0.25) is 0 Å². The number of carbonyl (C=O) groups excluding carboxylic acids is 1. The summed E-state index contributed by atoms with van der Waals surface area (Å²) in [4.78, 5) is 12.2. The van der Waals surface area contributed by atoms with Crippen molar-refractivity contribution in [1.29, 1.82) is 0 Å². The Kier molecular flexibility index (Phi) is 7.35. The van der Waals surface area contributed by atoms with Crippen molar-refractivity contribution in [2.45, 2.75) is 26.2 Å². The van der Waals surface area contributed by atoms with E-state index in [-0.39, 0.29) is 16.8 Å². The Morgan fingerprint density at radius 2 is 1.76 bits per heavy atom. The van der Waals surface area contributed by atoms with Crippen molar-refractivity contribution in [1.82, 2.24) is 5.32 Å². The highest BCUT2D eigenvalue weighted by atomic mass is 32.1. The molecule has 4 nitrogen and oxygen atoms in total. The van der Waals surface area contributed by atoms with Gasteiger partial charge >= 0.3 is 0 Å². The second-order valence-corrected chi connectivity index (χ2v) is 5.90. The summed E-state index contributed by atoms with van der Waals surface area (Å²) in [5.41, 5.74) is 1.08. The van der Waals surface area contributed by atoms with Crippen LogP contribution in [0.25, 0.3) is 0 Å². The van der Waals surface area contributed by atoms with E-state index in [1.807, 2.05) is 0 Å². The molecule has 25 heavy (non-hydrogen) atoms. The fourth-order valence-electron chi connectivity index (χ4n) is 2.12. The Morgan fingerprint density at radius 3 is 2.40 bits per heavy atom. The van der Waals surface area contributed by atoms with Crippen LogP contribution >= 0.6 is 12.2 Å². The predicted octanol–water partition coefficient (Wildman–Crippen LogP) is 4.52. The minimum absolute atomic E-state index is 0.150. The van der Waals surface area contributed by atoms with Gasteiger partial charge in [-0.05, 0) is 67.2 Å². The molecule has 0 aliphatic heterocycles. The number of anilines is 1. The summed E-state index contributed by atoms with van der Waals surface area (Å²) in [6.07, 6.45) is 3.30. The highest BCUT2D eigenvalue weighted by Gasteiger charge is 2.08. The van der Waals surface area contributed by atoms with Crippen molar-refractivity contribution in [3.63, 3.8) is 0 Å². The van der Waals surface area contributed by atoms with Crippen molar-refractivity contribution < 1.29 is 13.9 Å². The molecular weight excluding hydrogens is 339 g/mol. The summed E-state index contributed by atoms with van der Waals surface area (Å²) in [5, 5.41) is 5.56. The molecule has 132 valence electrons. The van der Waals surface area contributed by atoms with Gasteiger partial charge in [0.05, 0.1) is 6.61 Å². The molecule has 0 spiro atoms. The van der Waals surface area contributed by atoms with Gasteiger partial charge in [0.15, 0.2) is 5.11 Å². The van der Waals surface area contributed by atoms with E-state index in [1.165, 1.54) is 12.1 Å². The summed E-state index contributed by atoms with van der Waals surface area (Å²) in [6, 6.07) is 12.6. The molecule has 0 aliphatic carbocycles. The zero-order chi connectivity index (χ0) is 18.1. The molecule has 0 saturated carbocycles. The molecule has 1 amide bonds. The summed E-state index contributed by atoms with van der Waals surface area (Å²) in [6.45, 7) is 2.81. The molecule has 2 N–H and O–H groups in total. The zero-order valence-electron chi connectivity index (χ0n) is 14.0. The van der Waals surface area contributed by atoms with Crippen LogP contribution in [-0.2, 0) is 0 Å². The van der Waals surface area contributed by atoms with E-state index in [9.17, 15) is 9.18 Å². The van der Waals surface area contributed by atoms with Crippen LogP contribution in [0.1, 0.15) is 36.5 Å². The van der Waals surface area contributed by atoms with E-state index in [0.717, 1.165) is 25.0 Å². The number of ether oxygens (including phenoxy) is 1.